The van der Waals surface area contributed by atoms with E-state index in [0.717, 1.165) is 60.9 Å². The minimum atomic E-state index is -3.88. The van der Waals surface area contributed by atoms with Gasteiger partial charge in [-0.05, 0) is 61.1 Å². The summed E-state index contributed by atoms with van der Waals surface area (Å²) >= 11 is 1.45. The second-order valence-electron chi connectivity index (χ2n) is 16.8. The molecule has 8 rings (SSSR count). The number of nitrogens with zero attached hydrogens (tertiary/aromatic N) is 3. The van der Waals surface area contributed by atoms with Crippen LogP contribution in [0.2, 0.25) is 0 Å². The van der Waals surface area contributed by atoms with Crippen LogP contribution in [0.1, 0.15) is 100 Å². The number of ether oxygens (including phenoxy) is 1. The van der Waals surface area contributed by atoms with Gasteiger partial charge in [-0.25, -0.2) is 18.2 Å². The van der Waals surface area contributed by atoms with Crippen molar-refractivity contribution in [2.75, 3.05) is 11.9 Å². The Kier molecular flexibility index (Phi) is 9.84. The van der Waals surface area contributed by atoms with Crippen molar-refractivity contribution in [2.24, 2.45) is 11.8 Å². The molecule has 55 heavy (non-hydrogen) atoms. The van der Waals surface area contributed by atoms with Crippen LogP contribution in [0.4, 0.5) is 9.93 Å². The summed E-state index contributed by atoms with van der Waals surface area (Å²) in [7, 11) is -3.88. The van der Waals surface area contributed by atoms with Crippen molar-refractivity contribution < 1.29 is 32.3 Å². The average Bonchev–Trinajstić information content (AvgIpc) is 3.96. The fourth-order valence-corrected chi connectivity index (χ4v) is 11.0. The van der Waals surface area contributed by atoms with E-state index in [1.165, 1.54) is 22.3 Å². The highest BCUT2D eigenvalue weighted by Crippen LogP contribution is 2.46. The molecular weight excluding hydrogens is 741 g/mol. The first kappa shape index (κ1) is 37.7. The lowest BCUT2D eigenvalue weighted by Gasteiger charge is -2.35. The molecule has 1 aromatic heterocycles. The number of carbonyl (C=O) groups excluding carboxylic acids is 4. The third-order valence-electron chi connectivity index (χ3n) is 12.4. The van der Waals surface area contributed by atoms with Crippen molar-refractivity contribution in [3.8, 4) is 0 Å². The van der Waals surface area contributed by atoms with Crippen molar-refractivity contribution in [1.82, 2.24) is 24.8 Å². The first-order chi connectivity index (χ1) is 26.3. The van der Waals surface area contributed by atoms with E-state index in [2.05, 4.69) is 47.9 Å². The first-order valence-corrected chi connectivity index (χ1v) is 22.0. The molecular formula is C40H50N6O7S2. The lowest BCUT2D eigenvalue weighted by atomic mass is 9.83. The molecule has 5 atom stereocenters. The quantitative estimate of drug-likeness (QED) is 0.328. The lowest BCUT2D eigenvalue weighted by Crippen LogP contribution is -2.58. The predicted octanol–water partition coefficient (Wildman–Crippen LogP) is 4.99. The molecule has 3 N–H and O–H groups in total. The molecule has 294 valence electrons. The van der Waals surface area contributed by atoms with Crippen molar-refractivity contribution in [1.29, 1.82) is 0 Å². The number of hydrogen-bond acceptors (Lipinski definition) is 10. The van der Waals surface area contributed by atoms with Crippen LogP contribution in [0.25, 0.3) is 6.08 Å². The van der Waals surface area contributed by atoms with Gasteiger partial charge in [-0.2, -0.15) is 0 Å². The van der Waals surface area contributed by atoms with Gasteiger partial charge in [0.2, 0.25) is 21.8 Å². The molecule has 15 heteroatoms. The van der Waals surface area contributed by atoms with E-state index >= 15 is 0 Å². The minimum Gasteiger partial charge on any atom is -0.444 e. The van der Waals surface area contributed by atoms with Crippen LogP contribution in [0.5, 0.6) is 0 Å². The molecule has 6 bridgehead atoms. The Morgan fingerprint density at radius 2 is 1.89 bits per heavy atom. The minimum absolute atomic E-state index is 0.0152. The maximum Gasteiger partial charge on any atom is 0.410 e. The van der Waals surface area contributed by atoms with Crippen LogP contribution in [0, 0.1) is 11.8 Å². The molecule has 4 amide bonds. The summed E-state index contributed by atoms with van der Waals surface area (Å²) in [6, 6.07) is 4.27. The number of carbonyl (C=O) groups is 4. The number of anilines is 1. The Labute approximate surface area is 326 Å². The number of hydrogen-bond donors (Lipinski definition) is 3. The van der Waals surface area contributed by atoms with Gasteiger partial charge >= 0.3 is 6.09 Å². The summed E-state index contributed by atoms with van der Waals surface area (Å²) in [5, 5.41) is 8.39. The van der Waals surface area contributed by atoms with E-state index in [9.17, 15) is 27.6 Å². The Balaban J connectivity index is 1.12. The number of thiazole rings is 1. The van der Waals surface area contributed by atoms with E-state index in [1.54, 1.807) is 4.90 Å². The van der Waals surface area contributed by atoms with Crippen molar-refractivity contribution in [3.05, 3.63) is 64.7 Å². The average molecular weight is 791 g/mol. The third kappa shape index (κ3) is 7.41. The monoisotopic (exact) mass is 790 g/mol. The number of fused-ring (bicyclic) bond motifs is 5. The molecule has 13 nitrogen and oxygen atoms in total. The van der Waals surface area contributed by atoms with Gasteiger partial charge in [-0.3, -0.25) is 24.0 Å². The molecule has 4 fully saturated rings. The zero-order valence-corrected chi connectivity index (χ0v) is 33.1. The molecule has 0 radical (unpaired) electrons. The molecule has 3 aliphatic heterocycles. The Hall–Kier alpha value is -4.24. The fraction of sp³-hybridized carbons (Fsp3) is 0.575. The summed E-state index contributed by atoms with van der Waals surface area (Å²) in [5.74, 6) is -2.22. The van der Waals surface area contributed by atoms with Crippen LogP contribution in [-0.2, 0) is 47.6 Å². The summed E-state index contributed by atoms with van der Waals surface area (Å²) in [6.45, 7) is 8.83. The Morgan fingerprint density at radius 3 is 2.62 bits per heavy atom. The molecule has 1 aromatic carbocycles. The highest BCUT2D eigenvalue weighted by Gasteiger charge is 2.62. The first-order valence-electron chi connectivity index (χ1n) is 19.5. The number of aromatic nitrogens is 1. The number of nitrogens with one attached hydrogen (secondary N) is 3. The number of benzene rings is 1. The zero-order chi connectivity index (χ0) is 38.7. The van der Waals surface area contributed by atoms with E-state index in [4.69, 9.17) is 9.72 Å². The topological polar surface area (TPSA) is 167 Å². The summed E-state index contributed by atoms with van der Waals surface area (Å²) in [5.41, 5.74) is 2.21. The van der Waals surface area contributed by atoms with Gasteiger partial charge in [0.15, 0.2) is 5.13 Å². The molecule has 0 unspecified atom stereocenters. The van der Waals surface area contributed by atoms with E-state index < -0.39 is 62.8 Å². The van der Waals surface area contributed by atoms with Crippen LogP contribution in [-0.4, -0.2) is 82.5 Å². The van der Waals surface area contributed by atoms with Crippen molar-refractivity contribution in [2.45, 2.75) is 126 Å². The molecule has 2 aromatic rings. The van der Waals surface area contributed by atoms with Gasteiger partial charge in [0.1, 0.15) is 23.7 Å². The fourth-order valence-electron chi connectivity index (χ4n) is 8.74. The smallest absolute Gasteiger partial charge is 0.410 e. The van der Waals surface area contributed by atoms with Crippen LogP contribution < -0.4 is 15.4 Å². The van der Waals surface area contributed by atoms with Crippen LogP contribution >= 0.6 is 11.3 Å². The molecule has 1 saturated heterocycles. The number of allylic oxidation sites excluding steroid dienone is 1. The van der Waals surface area contributed by atoms with Crippen molar-refractivity contribution in [3.63, 3.8) is 0 Å². The normalized spacial score (nSPS) is 29.9. The van der Waals surface area contributed by atoms with Gasteiger partial charge < -0.3 is 20.3 Å². The maximum atomic E-state index is 14.9. The summed E-state index contributed by atoms with van der Waals surface area (Å²) in [6.07, 6.45) is 11.0. The molecule has 3 saturated carbocycles. The standard InChI is InChI=1S/C40H50N6O7S2/c1-4-27-19-40(27,36(49)44-55(51,52)29-15-16-29)43-34(47)31-18-28-21-46(31)35(48)33(25-10-6-5-7-11-25)42-37-41-32(23-54-37)39(2,3)17-9-14-24-12-8-13-26-20-45(22-30(24)26)38(50)53-28/h4,8-9,12-14,23,25,27-29,31,33H,1,5-7,10-11,15-22H2,2-3H3,(H,41,42)(H,43,47)(H,44,49)/b14-9+/t27-,28-,31+,33+,40-/m1/s1. The number of amides is 4. The Bertz CT molecular complexity index is 2040. The molecule has 6 aliphatic rings. The van der Waals surface area contributed by atoms with Gasteiger partial charge in [-0.1, -0.05) is 69.5 Å². The predicted molar refractivity (Wildman–Crippen MR) is 208 cm³/mol. The second kappa shape index (κ2) is 14.4. The van der Waals surface area contributed by atoms with Crippen LogP contribution in [0.3, 0.4) is 0 Å². The molecule has 3 aliphatic carbocycles. The summed E-state index contributed by atoms with van der Waals surface area (Å²) < 4.78 is 33.8. The zero-order valence-electron chi connectivity index (χ0n) is 31.4. The SMILES string of the molecule is C=C[C@@H]1C[C@]1(NC(=O)[C@@H]1C[C@@H]2CN1C(=O)[C@H](C1CCCCC1)Nc1nc(cs1)C(C)(C)C/C=C/c1cccc3c1CN(C3)C(=O)O2)C(=O)NS(=O)(=O)C1CC1. The van der Waals surface area contributed by atoms with E-state index in [-0.39, 0.29) is 36.6 Å². The largest absolute Gasteiger partial charge is 0.444 e. The van der Waals surface area contributed by atoms with Crippen LogP contribution in [0.15, 0.2) is 42.3 Å². The third-order valence-corrected chi connectivity index (χ3v) is 15.0. The van der Waals surface area contributed by atoms with Gasteiger partial charge in [-0.15, -0.1) is 17.9 Å². The Morgan fingerprint density at radius 1 is 1.11 bits per heavy atom. The van der Waals surface area contributed by atoms with Crippen molar-refractivity contribution >= 4 is 56.4 Å². The second-order valence-corrected chi connectivity index (χ2v) is 19.6. The highest BCUT2D eigenvalue weighted by molar-refractivity contribution is 7.91. The van der Waals surface area contributed by atoms with Gasteiger partial charge in [0.05, 0.1) is 24.0 Å². The van der Waals surface area contributed by atoms with Gasteiger partial charge in [0, 0.05) is 29.7 Å². The molecule has 0 spiro atoms. The lowest BCUT2D eigenvalue weighted by molar-refractivity contribution is -0.141. The van der Waals surface area contributed by atoms with E-state index in [1.807, 2.05) is 23.6 Å². The number of sulfonamides is 1. The maximum absolute atomic E-state index is 14.9. The van der Waals surface area contributed by atoms with E-state index in [0.29, 0.717) is 31.1 Å². The van der Waals surface area contributed by atoms with Gasteiger partial charge in [0.25, 0.3) is 5.91 Å². The molecule has 4 heterocycles. The summed E-state index contributed by atoms with van der Waals surface area (Å²) in [4.78, 5) is 64.8. The number of rotatable bonds is 7. The highest BCUT2D eigenvalue weighted by atomic mass is 32.2.